The lowest BCUT2D eigenvalue weighted by atomic mass is 10.0. The highest BCUT2D eigenvalue weighted by Gasteiger charge is 2.12. The van der Waals surface area contributed by atoms with Gasteiger partial charge in [0.15, 0.2) is 5.82 Å². The zero-order valence-electron chi connectivity index (χ0n) is 24.6. The van der Waals surface area contributed by atoms with E-state index in [0.717, 1.165) is 36.8 Å². The van der Waals surface area contributed by atoms with Crippen molar-refractivity contribution in [1.82, 2.24) is 9.97 Å². The Bertz CT molecular complexity index is 1130. The van der Waals surface area contributed by atoms with Gasteiger partial charge in [-0.2, -0.15) is 0 Å². The summed E-state index contributed by atoms with van der Waals surface area (Å²) in [6, 6.07) is 11.7. The molecule has 1 aromatic heterocycles. The van der Waals surface area contributed by atoms with E-state index in [4.69, 9.17) is 4.74 Å². The van der Waals surface area contributed by atoms with Gasteiger partial charge in [-0.1, -0.05) is 109 Å². The van der Waals surface area contributed by atoms with Crippen LogP contribution in [0.2, 0.25) is 0 Å². The molecule has 0 aliphatic heterocycles. The third-order valence-corrected chi connectivity index (χ3v) is 7.44. The van der Waals surface area contributed by atoms with E-state index >= 15 is 0 Å². The number of carbonyl (C=O) groups excluding carboxylic acids is 1. The molecule has 0 aliphatic carbocycles. The average Bonchev–Trinajstić information content (AvgIpc) is 2.97. The Morgan fingerprint density at radius 1 is 0.700 bits per heavy atom. The van der Waals surface area contributed by atoms with Gasteiger partial charge in [-0.05, 0) is 55.0 Å². The van der Waals surface area contributed by atoms with Crippen LogP contribution in [0.1, 0.15) is 125 Å². The van der Waals surface area contributed by atoms with Gasteiger partial charge in [0.05, 0.1) is 5.56 Å². The molecule has 0 saturated heterocycles. The van der Waals surface area contributed by atoms with E-state index < -0.39 is 5.97 Å². The Hall–Kier alpha value is -3.08. The van der Waals surface area contributed by atoms with Crippen molar-refractivity contribution < 1.29 is 13.9 Å². The standard InChI is InChI=1S/C35H47FN2O2/c1-3-5-7-9-11-12-14-16-18-29-23-24-32(25-33(29)36)40-35(39)31-21-19-30(20-22-31)34-37-26-28(27-38-34)17-15-13-10-8-6-4-2/h19-27H,3-18H2,1-2H3. The molecule has 0 radical (unpaired) electrons. The Balaban J connectivity index is 1.43. The minimum absolute atomic E-state index is 0.218. The Kier molecular flexibility index (Phi) is 14.4. The van der Waals surface area contributed by atoms with Crippen molar-refractivity contribution in [3.63, 3.8) is 0 Å². The maximum atomic E-state index is 14.6. The number of hydrogen-bond donors (Lipinski definition) is 0. The van der Waals surface area contributed by atoms with Crippen LogP contribution in [0, 0.1) is 5.82 Å². The van der Waals surface area contributed by atoms with Gasteiger partial charge >= 0.3 is 5.97 Å². The van der Waals surface area contributed by atoms with Crippen LogP contribution in [0.3, 0.4) is 0 Å². The minimum atomic E-state index is -0.517. The van der Waals surface area contributed by atoms with Crippen LogP contribution < -0.4 is 4.74 Å². The maximum absolute atomic E-state index is 14.6. The fourth-order valence-electron chi connectivity index (χ4n) is 4.91. The Labute approximate surface area is 240 Å². The first-order chi connectivity index (χ1) is 19.6. The zero-order chi connectivity index (χ0) is 28.4. The van der Waals surface area contributed by atoms with Crippen molar-refractivity contribution in [1.29, 1.82) is 0 Å². The summed E-state index contributed by atoms with van der Waals surface area (Å²) in [6.45, 7) is 4.46. The largest absolute Gasteiger partial charge is 0.423 e. The first kappa shape index (κ1) is 31.4. The van der Waals surface area contributed by atoms with Gasteiger partial charge in [0.25, 0.3) is 0 Å². The van der Waals surface area contributed by atoms with E-state index in [2.05, 4.69) is 23.8 Å². The molecule has 3 rings (SSSR count). The van der Waals surface area contributed by atoms with Crippen LogP contribution in [0.25, 0.3) is 11.4 Å². The highest BCUT2D eigenvalue weighted by atomic mass is 19.1. The fourth-order valence-corrected chi connectivity index (χ4v) is 4.91. The number of esters is 1. The molecule has 1 heterocycles. The normalized spacial score (nSPS) is 11.1. The highest BCUT2D eigenvalue weighted by molar-refractivity contribution is 5.91. The van der Waals surface area contributed by atoms with Crippen LogP contribution in [0.5, 0.6) is 5.75 Å². The number of carbonyl (C=O) groups is 1. The van der Waals surface area contributed by atoms with Crippen molar-refractivity contribution in [3.05, 3.63) is 77.4 Å². The average molecular weight is 547 g/mol. The minimum Gasteiger partial charge on any atom is -0.423 e. The summed E-state index contributed by atoms with van der Waals surface area (Å²) in [5.41, 5.74) is 3.05. The predicted molar refractivity (Wildman–Crippen MR) is 162 cm³/mol. The number of aryl methyl sites for hydroxylation is 2. The van der Waals surface area contributed by atoms with Gasteiger partial charge in [0.2, 0.25) is 0 Å². The highest BCUT2D eigenvalue weighted by Crippen LogP contribution is 2.22. The predicted octanol–water partition coefficient (Wildman–Crippen LogP) is 10.1. The summed E-state index contributed by atoms with van der Waals surface area (Å²) in [5.74, 6) is 0.00830. The van der Waals surface area contributed by atoms with Crippen LogP contribution in [0.15, 0.2) is 54.9 Å². The summed E-state index contributed by atoms with van der Waals surface area (Å²) >= 11 is 0. The number of ether oxygens (including phenoxy) is 1. The number of unbranched alkanes of at least 4 members (excludes halogenated alkanes) is 12. The van der Waals surface area contributed by atoms with Crippen LogP contribution in [0.4, 0.5) is 4.39 Å². The van der Waals surface area contributed by atoms with E-state index in [1.165, 1.54) is 76.7 Å². The molecule has 0 saturated carbocycles. The van der Waals surface area contributed by atoms with Crippen molar-refractivity contribution in [2.75, 3.05) is 0 Å². The molecule has 0 N–H and O–H groups in total. The second kappa shape index (κ2) is 18.3. The van der Waals surface area contributed by atoms with E-state index in [0.29, 0.717) is 23.4 Å². The SMILES string of the molecule is CCCCCCCCCCc1ccc(OC(=O)c2ccc(-c3ncc(CCCCCCCC)cn3)cc2)cc1F. The van der Waals surface area contributed by atoms with Gasteiger partial charge in [-0.3, -0.25) is 0 Å². The number of rotatable bonds is 19. The first-order valence-electron chi connectivity index (χ1n) is 15.5. The third-order valence-electron chi connectivity index (χ3n) is 7.44. The molecule has 0 atom stereocenters. The van der Waals surface area contributed by atoms with Gasteiger partial charge in [-0.25, -0.2) is 19.2 Å². The molecule has 0 fully saturated rings. The molecule has 4 nitrogen and oxygen atoms in total. The fraction of sp³-hybridized carbons (Fsp3) is 0.514. The summed E-state index contributed by atoms with van der Waals surface area (Å²) in [7, 11) is 0. The summed E-state index contributed by atoms with van der Waals surface area (Å²) < 4.78 is 20.1. The smallest absolute Gasteiger partial charge is 0.343 e. The monoisotopic (exact) mass is 546 g/mol. The van der Waals surface area contributed by atoms with Gasteiger partial charge in [0, 0.05) is 24.0 Å². The number of halogens is 1. The van der Waals surface area contributed by atoms with Gasteiger partial charge in [0.1, 0.15) is 11.6 Å². The zero-order valence-corrected chi connectivity index (χ0v) is 24.6. The van der Waals surface area contributed by atoms with Crippen molar-refractivity contribution in [2.24, 2.45) is 0 Å². The van der Waals surface area contributed by atoms with Crippen LogP contribution in [-0.2, 0) is 12.8 Å². The second-order valence-corrected chi connectivity index (χ2v) is 10.9. The number of hydrogen-bond acceptors (Lipinski definition) is 4. The maximum Gasteiger partial charge on any atom is 0.343 e. The third kappa shape index (κ3) is 11.2. The molecule has 0 bridgehead atoms. The van der Waals surface area contributed by atoms with Crippen molar-refractivity contribution in [3.8, 4) is 17.1 Å². The van der Waals surface area contributed by atoms with E-state index in [1.807, 2.05) is 24.5 Å². The molecule has 0 spiro atoms. The topological polar surface area (TPSA) is 52.1 Å². The first-order valence-corrected chi connectivity index (χ1v) is 15.5. The van der Waals surface area contributed by atoms with E-state index in [-0.39, 0.29) is 11.6 Å². The molecule has 2 aromatic carbocycles. The Morgan fingerprint density at radius 3 is 1.82 bits per heavy atom. The number of nitrogens with zero attached hydrogens (tertiary/aromatic N) is 2. The lowest BCUT2D eigenvalue weighted by Crippen LogP contribution is -2.09. The summed E-state index contributed by atoms with van der Waals surface area (Å²) in [6.07, 6.45) is 22.8. The van der Waals surface area contributed by atoms with Crippen molar-refractivity contribution in [2.45, 2.75) is 117 Å². The molecular weight excluding hydrogens is 499 g/mol. The lowest BCUT2D eigenvalue weighted by molar-refractivity contribution is 0.0734. The molecule has 0 amide bonds. The molecule has 0 unspecified atom stereocenters. The molecule has 5 heteroatoms. The van der Waals surface area contributed by atoms with Gasteiger partial charge < -0.3 is 4.74 Å². The Morgan fingerprint density at radius 2 is 1.25 bits per heavy atom. The molecule has 40 heavy (non-hydrogen) atoms. The number of aromatic nitrogens is 2. The molecular formula is C35H47FN2O2. The van der Waals surface area contributed by atoms with Gasteiger partial charge in [-0.15, -0.1) is 0 Å². The molecule has 216 valence electrons. The number of benzene rings is 2. The van der Waals surface area contributed by atoms with E-state index in [1.54, 1.807) is 24.3 Å². The van der Waals surface area contributed by atoms with Crippen LogP contribution in [-0.4, -0.2) is 15.9 Å². The lowest BCUT2D eigenvalue weighted by Gasteiger charge is -2.08. The summed E-state index contributed by atoms with van der Waals surface area (Å²) in [5, 5.41) is 0. The van der Waals surface area contributed by atoms with Crippen LogP contribution >= 0.6 is 0 Å². The van der Waals surface area contributed by atoms with Crippen molar-refractivity contribution >= 4 is 5.97 Å². The molecule has 3 aromatic rings. The van der Waals surface area contributed by atoms with E-state index in [9.17, 15) is 9.18 Å². The quantitative estimate of drug-likeness (QED) is 0.0852. The second-order valence-electron chi connectivity index (χ2n) is 10.9. The summed E-state index contributed by atoms with van der Waals surface area (Å²) in [4.78, 5) is 21.7. The molecule has 0 aliphatic rings.